The molecule has 0 fully saturated rings. The Morgan fingerprint density at radius 2 is 2.17 bits per heavy atom. The predicted octanol–water partition coefficient (Wildman–Crippen LogP) is 2.36. The number of aromatic nitrogens is 1. The highest BCUT2D eigenvalue weighted by molar-refractivity contribution is 5.67. The summed E-state index contributed by atoms with van der Waals surface area (Å²) in [6, 6.07) is 4.81. The zero-order valence-electron chi connectivity index (χ0n) is 10.0. The molecule has 0 unspecified atom stereocenters. The van der Waals surface area contributed by atoms with Crippen molar-refractivity contribution in [3.05, 3.63) is 45.2 Å². The number of aliphatic hydroxyl groups excluding tert-OH is 1. The molecule has 2 aromatic rings. The van der Waals surface area contributed by atoms with Crippen LogP contribution in [0.4, 0.5) is 5.69 Å². The van der Waals surface area contributed by atoms with Crippen LogP contribution in [0, 0.1) is 24.0 Å². The SMILES string of the molecule is Cc1ccc(-c2noc(C)c2CO)cc1[N+](=O)[O-]. The number of hydrogen-bond acceptors (Lipinski definition) is 5. The van der Waals surface area contributed by atoms with Crippen molar-refractivity contribution in [3.63, 3.8) is 0 Å². The molecular weight excluding hydrogens is 236 g/mol. The Morgan fingerprint density at radius 1 is 1.44 bits per heavy atom. The molecule has 0 aliphatic heterocycles. The number of aryl methyl sites for hydroxylation is 2. The van der Waals surface area contributed by atoms with Crippen LogP contribution in [0.25, 0.3) is 11.3 Å². The monoisotopic (exact) mass is 248 g/mol. The number of rotatable bonds is 3. The highest BCUT2D eigenvalue weighted by Gasteiger charge is 2.17. The van der Waals surface area contributed by atoms with Gasteiger partial charge >= 0.3 is 0 Å². The average Bonchev–Trinajstić information content (AvgIpc) is 2.70. The van der Waals surface area contributed by atoms with Crippen molar-refractivity contribution in [2.24, 2.45) is 0 Å². The second kappa shape index (κ2) is 4.58. The lowest BCUT2D eigenvalue weighted by molar-refractivity contribution is -0.385. The van der Waals surface area contributed by atoms with E-state index in [1.165, 1.54) is 6.07 Å². The molecule has 0 spiro atoms. The van der Waals surface area contributed by atoms with Crippen LogP contribution in [-0.2, 0) is 6.61 Å². The minimum absolute atomic E-state index is 0.0250. The van der Waals surface area contributed by atoms with Crippen LogP contribution in [-0.4, -0.2) is 15.2 Å². The molecule has 0 radical (unpaired) electrons. The first kappa shape index (κ1) is 12.3. The molecule has 0 amide bonds. The van der Waals surface area contributed by atoms with Crippen LogP contribution >= 0.6 is 0 Å². The number of hydrogen-bond donors (Lipinski definition) is 1. The van der Waals surface area contributed by atoms with Gasteiger partial charge in [-0.1, -0.05) is 17.3 Å². The van der Waals surface area contributed by atoms with Gasteiger partial charge in [-0.05, 0) is 13.8 Å². The zero-order chi connectivity index (χ0) is 13.3. The molecule has 1 aromatic heterocycles. The summed E-state index contributed by atoms with van der Waals surface area (Å²) in [6.07, 6.45) is 0. The molecule has 1 heterocycles. The Labute approximate surface area is 103 Å². The van der Waals surface area contributed by atoms with Crippen molar-refractivity contribution >= 4 is 5.69 Å². The number of benzene rings is 1. The molecule has 18 heavy (non-hydrogen) atoms. The second-order valence-corrected chi connectivity index (χ2v) is 3.98. The van der Waals surface area contributed by atoms with Gasteiger partial charge in [-0.15, -0.1) is 0 Å². The first-order valence-corrected chi connectivity index (χ1v) is 5.36. The molecular formula is C12H12N2O4. The van der Waals surface area contributed by atoms with Crippen LogP contribution in [0.2, 0.25) is 0 Å². The molecule has 6 nitrogen and oxygen atoms in total. The molecule has 0 saturated carbocycles. The lowest BCUT2D eigenvalue weighted by atomic mass is 10.0. The average molecular weight is 248 g/mol. The summed E-state index contributed by atoms with van der Waals surface area (Å²) in [5.41, 5.74) is 2.16. The van der Waals surface area contributed by atoms with Gasteiger partial charge in [0.2, 0.25) is 0 Å². The van der Waals surface area contributed by atoms with Gasteiger partial charge < -0.3 is 9.63 Å². The fourth-order valence-electron chi connectivity index (χ4n) is 1.76. The normalized spacial score (nSPS) is 10.6. The van der Waals surface area contributed by atoms with Crippen molar-refractivity contribution < 1.29 is 14.6 Å². The quantitative estimate of drug-likeness (QED) is 0.665. The smallest absolute Gasteiger partial charge is 0.272 e. The van der Waals surface area contributed by atoms with E-state index in [9.17, 15) is 15.2 Å². The molecule has 1 aromatic carbocycles. The maximum Gasteiger partial charge on any atom is 0.272 e. The van der Waals surface area contributed by atoms with Crippen LogP contribution in [0.5, 0.6) is 0 Å². The van der Waals surface area contributed by atoms with Crippen molar-refractivity contribution in [2.45, 2.75) is 20.5 Å². The maximum atomic E-state index is 10.9. The van der Waals surface area contributed by atoms with E-state index >= 15 is 0 Å². The van der Waals surface area contributed by atoms with E-state index in [4.69, 9.17) is 4.52 Å². The Bertz CT molecular complexity index is 604. The second-order valence-electron chi connectivity index (χ2n) is 3.98. The lowest BCUT2D eigenvalue weighted by Gasteiger charge is -2.01. The third-order valence-corrected chi connectivity index (χ3v) is 2.82. The van der Waals surface area contributed by atoms with Gasteiger partial charge in [0, 0.05) is 22.8 Å². The molecule has 0 atom stereocenters. The summed E-state index contributed by atoms with van der Waals surface area (Å²) < 4.78 is 4.99. The molecule has 1 N–H and O–H groups in total. The summed E-state index contributed by atoms with van der Waals surface area (Å²) in [5.74, 6) is 0.510. The third-order valence-electron chi connectivity index (χ3n) is 2.82. The molecule has 0 aliphatic rings. The number of nitrogens with zero attached hydrogens (tertiary/aromatic N) is 2. The zero-order valence-corrected chi connectivity index (χ0v) is 10.0. The summed E-state index contributed by atoms with van der Waals surface area (Å²) in [5, 5.41) is 24.0. The van der Waals surface area contributed by atoms with Gasteiger partial charge in [-0.2, -0.15) is 0 Å². The van der Waals surface area contributed by atoms with Crippen molar-refractivity contribution in [3.8, 4) is 11.3 Å². The number of nitro groups is 1. The minimum atomic E-state index is -0.440. The molecule has 0 aliphatic carbocycles. The van der Waals surface area contributed by atoms with Crippen LogP contribution in [0.1, 0.15) is 16.9 Å². The highest BCUT2D eigenvalue weighted by atomic mass is 16.6. The molecule has 0 bridgehead atoms. The Hall–Kier alpha value is -2.21. The molecule has 2 rings (SSSR count). The third kappa shape index (κ3) is 1.98. The van der Waals surface area contributed by atoms with E-state index in [2.05, 4.69) is 5.16 Å². The van der Waals surface area contributed by atoms with Gasteiger partial charge in [0.05, 0.1) is 11.5 Å². The van der Waals surface area contributed by atoms with E-state index in [1.54, 1.807) is 26.0 Å². The Kier molecular flexibility index (Phi) is 3.12. The van der Waals surface area contributed by atoms with Gasteiger partial charge in [0.1, 0.15) is 11.5 Å². The minimum Gasteiger partial charge on any atom is -0.391 e. The largest absolute Gasteiger partial charge is 0.391 e. The first-order chi connectivity index (χ1) is 8.54. The summed E-state index contributed by atoms with van der Waals surface area (Å²) in [7, 11) is 0. The summed E-state index contributed by atoms with van der Waals surface area (Å²) in [6.45, 7) is 3.14. The fourth-order valence-corrected chi connectivity index (χ4v) is 1.76. The summed E-state index contributed by atoms with van der Waals surface area (Å²) in [4.78, 5) is 10.4. The van der Waals surface area contributed by atoms with Crippen molar-refractivity contribution in [2.75, 3.05) is 0 Å². The number of nitro benzene ring substituents is 1. The van der Waals surface area contributed by atoms with Gasteiger partial charge in [0.15, 0.2) is 0 Å². The van der Waals surface area contributed by atoms with E-state index in [1.807, 2.05) is 0 Å². The van der Waals surface area contributed by atoms with Crippen LogP contribution in [0.3, 0.4) is 0 Å². The van der Waals surface area contributed by atoms with Crippen LogP contribution in [0.15, 0.2) is 22.7 Å². The summed E-state index contributed by atoms with van der Waals surface area (Å²) >= 11 is 0. The molecule has 6 heteroatoms. The topological polar surface area (TPSA) is 89.4 Å². The van der Waals surface area contributed by atoms with E-state index in [-0.39, 0.29) is 12.3 Å². The van der Waals surface area contributed by atoms with E-state index in [0.29, 0.717) is 28.1 Å². The van der Waals surface area contributed by atoms with E-state index in [0.717, 1.165) is 0 Å². The molecule has 0 saturated heterocycles. The van der Waals surface area contributed by atoms with Crippen LogP contribution < -0.4 is 0 Å². The highest BCUT2D eigenvalue weighted by Crippen LogP contribution is 2.29. The Balaban J connectivity index is 2.57. The Morgan fingerprint density at radius 3 is 2.78 bits per heavy atom. The fraction of sp³-hybridized carbons (Fsp3) is 0.250. The van der Waals surface area contributed by atoms with Gasteiger partial charge in [-0.3, -0.25) is 10.1 Å². The van der Waals surface area contributed by atoms with Crippen molar-refractivity contribution in [1.82, 2.24) is 5.16 Å². The maximum absolute atomic E-state index is 10.9. The molecule has 94 valence electrons. The first-order valence-electron chi connectivity index (χ1n) is 5.36. The van der Waals surface area contributed by atoms with Gasteiger partial charge in [0.25, 0.3) is 5.69 Å². The van der Waals surface area contributed by atoms with Crippen molar-refractivity contribution in [1.29, 1.82) is 0 Å². The van der Waals surface area contributed by atoms with Gasteiger partial charge in [-0.25, -0.2) is 0 Å². The predicted molar refractivity (Wildman–Crippen MR) is 64.0 cm³/mol. The number of aliphatic hydroxyl groups is 1. The standard InChI is InChI=1S/C12H12N2O4/c1-7-3-4-9(5-11(7)14(16)17)12-10(6-15)8(2)18-13-12/h3-5,15H,6H2,1-2H3. The lowest BCUT2D eigenvalue weighted by Crippen LogP contribution is -1.94. The van der Waals surface area contributed by atoms with E-state index < -0.39 is 4.92 Å².